The van der Waals surface area contributed by atoms with E-state index in [4.69, 9.17) is 0 Å². The number of aliphatic hydroxyl groups excluding tert-OH is 1. The number of rotatable bonds is 3. The number of aryl methyl sites for hydroxylation is 2. The van der Waals surface area contributed by atoms with Gasteiger partial charge in [-0.25, -0.2) is 0 Å². The van der Waals surface area contributed by atoms with Crippen molar-refractivity contribution in [1.29, 1.82) is 0 Å². The molecule has 0 aromatic heterocycles. The van der Waals surface area contributed by atoms with E-state index in [0.29, 0.717) is 11.1 Å². The Kier molecular flexibility index (Phi) is 3.58. The molecule has 0 saturated heterocycles. The van der Waals surface area contributed by atoms with Gasteiger partial charge in [0.1, 0.15) is 6.10 Å². The molecule has 18 heavy (non-hydrogen) atoms. The van der Waals surface area contributed by atoms with E-state index in [2.05, 4.69) is 0 Å². The van der Waals surface area contributed by atoms with Gasteiger partial charge in [-0.2, -0.15) is 0 Å². The summed E-state index contributed by atoms with van der Waals surface area (Å²) < 4.78 is 0. The van der Waals surface area contributed by atoms with Gasteiger partial charge in [0.2, 0.25) is 0 Å². The fourth-order valence-corrected chi connectivity index (χ4v) is 1.84. The summed E-state index contributed by atoms with van der Waals surface area (Å²) in [5.74, 6) is -0.260. The molecule has 0 fully saturated rings. The van der Waals surface area contributed by atoms with E-state index >= 15 is 0 Å². The minimum absolute atomic E-state index is 0.260. The average Bonchev–Trinajstić information content (AvgIpc) is 2.41. The summed E-state index contributed by atoms with van der Waals surface area (Å²) >= 11 is 0. The zero-order valence-corrected chi connectivity index (χ0v) is 10.6. The second-order valence-electron chi connectivity index (χ2n) is 4.48. The van der Waals surface area contributed by atoms with Gasteiger partial charge in [0.25, 0.3) is 0 Å². The third kappa shape index (κ3) is 2.49. The van der Waals surface area contributed by atoms with Gasteiger partial charge < -0.3 is 5.11 Å². The molecular formula is C16H16O2. The van der Waals surface area contributed by atoms with Gasteiger partial charge in [-0.15, -0.1) is 0 Å². The van der Waals surface area contributed by atoms with Crippen LogP contribution in [0.15, 0.2) is 48.5 Å². The predicted molar refractivity (Wildman–Crippen MR) is 71.6 cm³/mol. The molecule has 0 aliphatic heterocycles. The van der Waals surface area contributed by atoms with E-state index in [0.717, 1.165) is 11.1 Å². The lowest BCUT2D eigenvalue weighted by molar-refractivity contribution is 0.0747. The Bertz CT molecular complexity index is 559. The molecule has 2 rings (SSSR count). The highest BCUT2D eigenvalue weighted by molar-refractivity contribution is 6.00. The van der Waals surface area contributed by atoms with E-state index in [1.807, 2.05) is 44.2 Å². The molecule has 1 N–H and O–H groups in total. The fourth-order valence-electron chi connectivity index (χ4n) is 1.84. The quantitative estimate of drug-likeness (QED) is 0.836. The van der Waals surface area contributed by atoms with Gasteiger partial charge in [0.15, 0.2) is 5.78 Å². The Hall–Kier alpha value is -1.93. The van der Waals surface area contributed by atoms with E-state index in [1.165, 1.54) is 0 Å². The first-order chi connectivity index (χ1) is 8.59. The van der Waals surface area contributed by atoms with Crippen LogP contribution in [-0.4, -0.2) is 10.9 Å². The molecule has 0 aliphatic carbocycles. The SMILES string of the molecule is Cc1ccc(C(=O)C(O)c2ccccc2)cc1C. The molecular weight excluding hydrogens is 224 g/mol. The Morgan fingerprint density at radius 3 is 2.28 bits per heavy atom. The molecule has 2 nitrogen and oxygen atoms in total. The van der Waals surface area contributed by atoms with Crippen molar-refractivity contribution in [1.82, 2.24) is 0 Å². The first-order valence-electron chi connectivity index (χ1n) is 5.94. The van der Waals surface area contributed by atoms with Gasteiger partial charge in [-0.3, -0.25) is 4.79 Å². The maximum absolute atomic E-state index is 12.2. The Morgan fingerprint density at radius 2 is 1.67 bits per heavy atom. The Labute approximate surface area is 107 Å². The Morgan fingerprint density at radius 1 is 1.00 bits per heavy atom. The van der Waals surface area contributed by atoms with Crippen LogP contribution in [0.1, 0.15) is 33.2 Å². The van der Waals surface area contributed by atoms with Gasteiger partial charge >= 0.3 is 0 Å². The lowest BCUT2D eigenvalue weighted by atomic mass is 9.97. The summed E-state index contributed by atoms with van der Waals surface area (Å²) in [6, 6.07) is 14.5. The molecule has 0 amide bonds. The van der Waals surface area contributed by atoms with Crippen molar-refractivity contribution >= 4 is 5.78 Å². The molecule has 0 saturated carbocycles. The monoisotopic (exact) mass is 240 g/mol. The average molecular weight is 240 g/mol. The molecule has 2 heteroatoms. The molecule has 0 spiro atoms. The van der Waals surface area contributed by atoms with Gasteiger partial charge in [0, 0.05) is 5.56 Å². The van der Waals surface area contributed by atoms with Crippen molar-refractivity contribution in [2.45, 2.75) is 20.0 Å². The summed E-state index contributed by atoms with van der Waals surface area (Å²) in [4.78, 5) is 12.2. The van der Waals surface area contributed by atoms with Gasteiger partial charge in [-0.1, -0.05) is 42.5 Å². The summed E-state index contributed by atoms with van der Waals surface area (Å²) in [6.07, 6.45) is -1.09. The van der Waals surface area contributed by atoms with Crippen LogP contribution in [-0.2, 0) is 0 Å². The van der Waals surface area contributed by atoms with Crippen LogP contribution in [0.25, 0.3) is 0 Å². The maximum Gasteiger partial charge on any atom is 0.195 e. The first-order valence-corrected chi connectivity index (χ1v) is 5.94. The smallest absolute Gasteiger partial charge is 0.195 e. The van der Waals surface area contributed by atoms with Crippen molar-refractivity contribution in [3.05, 3.63) is 70.8 Å². The van der Waals surface area contributed by atoms with Crippen LogP contribution in [0.5, 0.6) is 0 Å². The highest BCUT2D eigenvalue weighted by atomic mass is 16.3. The molecule has 1 atom stereocenters. The lowest BCUT2D eigenvalue weighted by Gasteiger charge is -2.11. The standard InChI is InChI=1S/C16H16O2/c1-11-8-9-14(10-12(11)2)16(18)15(17)13-6-4-3-5-7-13/h3-10,15,17H,1-2H3. The number of ketones is 1. The topological polar surface area (TPSA) is 37.3 Å². The van der Waals surface area contributed by atoms with Crippen LogP contribution in [0.4, 0.5) is 0 Å². The van der Waals surface area contributed by atoms with Crippen molar-refractivity contribution < 1.29 is 9.90 Å². The van der Waals surface area contributed by atoms with Crippen LogP contribution in [0.3, 0.4) is 0 Å². The van der Waals surface area contributed by atoms with Crippen LogP contribution in [0, 0.1) is 13.8 Å². The number of aliphatic hydroxyl groups is 1. The largest absolute Gasteiger partial charge is 0.380 e. The third-order valence-corrected chi connectivity index (χ3v) is 3.16. The van der Waals surface area contributed by atoms with Gasteiger partial charge in [-0.05, 0) is 36.6 Å². The summed E-state index contributed by atoms with van der Waals surface area (Å²) in [7, 11) is 0. The summed E-state index contributed by atoms with van der Waals surface area (Å²) in [5.41, 5.74) is 3.37. The van der Waals surface area contributed by atoms with Crippen molar-refractivity contribution in [3.8, 4) is 0 Å². The molecule has 0 aliphatic rings. The number of Topliss-reactive ketones (excluding diaryl/α,β-unsaturated/α-hetero) is 1. The van der Waals surface area contributed by atoms with Crippen LogP contribution >= 0.6 is 0 Å². The molecule has 0 heterocycles. The summed E-state index contributed by atoms with van der Waals surface area (Å²) in [5, 5.41) is 10.1. The number of benzene rings is 2. The van der Waals surface area contributed by atoms with Crippen LogP contribution < -0.4 is 0 Å². The highest BCUT2D eigenvalue weighted by Crippen LogP contribution is 2.19. The normalized spacial score (nSPS) is 12.2. The number of hydrogen-bond donors (Lipinski definition) is 1. The molecule has 2 aromatic carbocycles. The van der Waals surface area contributed by atoms with E-state index < -0.39 is 6.10 Å². The van der Waals surface area contributed by atoms with E-state index in [1.54, 1.807) is 18.2 Å². The minimum Gasteiger partial charge on any atom is -0.380 e. The van der Waals surface area contributed by atoms with Crippen LogP contribution in [0.2, 0.25) is 0 Å². The molecule has 0 radical (unpaired) electrons. The first kappa shape index (κ1) is 12.5. The second-order valence-corrected chi connectivity index (χ2v) is 4.48. The fraction of sp³-hybridized carbons (Fsp3) is 0.188. The zero-order valence-electron chi connectivity index (χ0n) is 10.6. The van der Waals surface area contributed by atoms with Crippen molar-refractivity contribution in [3.63, 3.8) is 0 Å². The zero-order chi connectivity index (χ0) is 13.1. The lowest BCUT2D eigenvalue weighted by Crippen LogP contribution is -2.12. The molecule has 0 bridgehead atoms. The maximum atomic E-state index is 12.2. The van der Waals surface area contributed by atoms with Crippen molar-refractivity contribution in [2.75, 3.05) is 0 Å². The summed E-state index contributed by atoms with van der Waals surface area (Å²) in [6.45, 7) is 3.96. The molecule has 1 unspecified atom stereocenters. The minimum atomic E-state index is -1.09. The van der Waals surface area contributed by atoms with Crippen molar-refractivity contribution in [2.24, 2.45) is 0 Å². The molecule has 92 valence electrons. The Balaban J connectivity index is 2.29. The molecule has 2 aromatic rings. The van der Waals surface area contributed by atoms with E-state index in [-0.39, 0.29) is 5.78 Å². The number of carbonyl (C=O) groups is 1. The van der Waals surface area contributed by atoms with Gasteiger partial charge in [0.05, 0.1) is 0 Å². The third-order valence-electron chi connectivity index (χ3n) is 3.16. The highest BCUT2D eigenvalue weighted by Gasteiger charge is 2.18. The second kappa shape index (κ2) is 5.15. The van der Waals surface area contributed by atoms with E-state index in [9.17, 15) is 9.90 Å². The predicted octanol–water partition coefficient (Wildman–Crippen LogP) is 3.22. The number of hydrogen-bond acceptors (Lipinski definition) is 2. The number of carbonyl (C=O) groups excluding carboxylic acids is 1.